The van der Waals surface area contributed by atoms with Crippen molar-refractivity contribution in [3.63, 3.8) is 0 Å². The van der Waals surface area contributed by atoms with Gasteiger partial charge >= 0.3 is 5.97 Å². The molecule has 0 bridgehead atoms. The molecule has 2 aromatic rings. The number of halogens is 1. The highest BCUT2D eigenvalue weighted by Crippen LogP contribution is 2.37. The molecule has 1 unspecified atom stereocenters. The average Bonchev–Trinajstić information content (AvgIpc) is 2.67. The highest BCUT2D eigenvalue weighted by Gasteiger charge is 2.49. The number of nitrogens with one attached hydrogen (secondary N) is 1. The molecule has 1 heterocycles. The van der Waals surface area contributed by atoms with E-state index < -0.39 is 16.6 Å². The zero-order valence-electron chi connectivity index (χ0n) is 14.3. The van der Waals surface area contributed by atoms with Crippen molar-refractivity contribution in [2.75, 3.05) is 24.5 Å². The van der Waals surface area contributed by atoms with Crippen LogP contribution in [0.15, 0.2) is 48.5 Å². The van der Waals surface area contributed by atoms with Crippen LogP contribution in [0.2, 0.25) is 5.02 Å². The summed E-state index contributed by atoms with van der Waals surface area (Å²) in [5.74, 6) is -1.24. The molecular weight excluding hydrogens is 374 g/mol. The van der Waals surface area contributed by atoms with Crippen molar-refractivity contribution in [3.8, 4) is 0 Å². The minimum Gasteiger partial charge on any atom is -0.478 e. The van der Waals surface area contributed by atoms with E-state index in [2.05, 4.69) is 5.32 Å². The number of hydrogen-bond donors (Lipinski definition) is 2. The van der Waals surface area contributed by atoms with Gasteiger partial charge in [0.25, 0.3) is 11.4 Å². The van der Waals surface area contributed by atoms with Gasteiger partial charge in [-0.3, -0.25) is 10.1 Å². The molecule has 0 amide bonds. The number of anilines is 1. The van der Waals surface area contributed by atoms with Gasteiger partial charge < -0.3 is 20.1 Å². The van der Waals surface area contributed by atoms with Crippen molar-refractivity contribution in [2.45, 2.75) is 12.3 Å². The highest BCUT2D eigenvalue weighted by atomic mass is 35.5. The largest absolute Gasteiger partial charge is 0.478 e. The minimum atomic E-state index is -1.80. The lowest BCUT2D eigenvalue weighted by molar-refractivity contribution is -0.384. The average molecular weight is 392 g/mol. The van der Waals surface area contributed by atoms with Crippen LogP contribution in [0, 0.1) is 10.1 Å². The molecule has 142 valence electrons. The lowest BCUT2D eigenvalue weighted by Crippen LogP contribution is -2.67. The first kappa shape index (κ1) is 19.1. The summed E-state index contributed by atoms with van der Waals surface area (Å²) in [5.41, 5.74) is -1.12. The van der Waals surface area contributed by atoms with E-state index in [1.165, 1.54) is 23.1 Å². The summed E-state index contributed by atoms with van der Waals surface area (Å²) in [7, 11) is 0. The second-order valence-electron chi connectivity index (χ2n) is 6.08. The molecule has 1 fully saturated rings. The van der Waals surface area contributed by atoms with Crippen molar-refractivity contribution in [2.24, 2.45) is 0 Å². The molecule has 1 atom stereocenters. The van der Waals surface area contributed by atoms with Crippen molar-refractivity contribution in [1.82, 2.24) is 5.32 Å². The molecule has 8 nitrogen and oxygen atoms in total. The Hall–Kier alpha value is -2.68. The summed E-state index contributed by atoms with van der Waals surface area (Å²) in [6.07, 6.45) is 0. The molecule has 3 rings (SSSR count). The molecule has 0 saturated carbocycles. The zero-order chi connectivity index (χ0) is 19.4. The summed E-state index contributed by atoms with van der Waals surface area (Å²) in [5, 5.41) is 24.7. The summed E-state index contributed by atoms with van der Waals surface area (Å²) < 4.78 is 5.86. The topological polar surface area (TPSA) is 105 Å². The van der Waals surface area contributed by atoms with Crippen LogP contribution in [0.1, 0.15) is 5.56 Å². The fourth-order valence-corrected chi connectivity index (χ4v) is 3.23. The molecule has 1 aliphatic rings. The van der Waals surface area contributed by atoms with Crippen LogP contribution in [0.4, 0.5) is 11.4 Å². The Morgan fingerprint density at radius 3 is 2.74 bits per heavy atom. The molecule has 0 spiro atoms. The van der Waals surface area contributed by atoms with E-state index in [0.29, 0.717) is 6.54 Å². The van der Waals surface area contributed by atoms with Gasteiger partial charge in [-0.15, -0.1) is 0 Å². The number of carbonyl (C=O) groups is 1. The van der Waals surface area contributed by atoms with Gasteiger partial charge in [-0.05, 0) is 17.7 Å². The number of hydrogen-bond acceptors (Lipinski definition) is 6. The van der Waals surface area contributed by atoms with Crippen LogP contribution in [0.3, 0.4) is 0 Å². The number of carboxylic acids is 1. The van der Waals surface area contributed by atoms with Crippen LogP contribution in [0.5, 0.6) is 0 Å². The Morgan fingerprint density at radius 2 is 2.07 bits per heavy atom. The van der Waals surface area contributed by atoms with E-state index in [9.17, 15) is 20.0 Å². The predicted molar refractivity (Wildman–Crippen MR) is 99.9 cm³/mol. The van der Waals surface area contributed by atoms with E-state index in [1.807, 2.05) is 30.3 Å². The molecule has 27 heavy (non-hydrogen) atoms. The summed E-state index contributed by atoms with van der Waals surface area (Å²) in [6, 6.07) is 13.2. The molecule has 9 heteroatoms. The van der Waals surface area contributed by atoms with Crippen LogP contribution in [-0.2, 0) is 16.1 Å². The summed E-state index contributed by atoms with van der Waals surface area (Å²) >= 11 is 6.03. The van der Waals surface area contributed by atoms with Gasteiger partial charge in [-0.25, -0.2) is 4.79 Å². The Labute approximate surface area is 160 Å². The first-order valence-electron chi connectivity index (χ1n) is 8.27. The second kappa shape index (κ2) is 7.91. The molecule has 2 aromatic carbocycles. The number of ether oxygens (including phenoxy) is 1. The van der Waals surface area contributed by atoms with Gasteiger partial charge in [-0.2, -0.15) is 0 Å². The molecule has 0 aromatic heterocycles. The van der Waals surface area contributed by atoms with E-state index in [-0.39, 0.29) is 36.1 Å². The lowest BCUT2D eigenvalue weighted by Gasteiger charge is -2.44. The first-order valence-corrected chi connectivity index (χ1v) is 8.65. The minimum absolute atomic E-state index is 0.0289. The Bertz CT molecular complexity index is 848. The molecule has 1 saturated heterocycles. The number of carboxylic acid groups (broad SMARTS) is 1. The first-order chi connectivity index (χ1) is 12.9. The molecule has 0 radical (unpaired) electrons. The van der Waals surface area contributed by atoms with E-state index in [0.717, 1.165) is 5.56 Å². The summed E-state index contributed by atoms with van der Waals surface area (Å²) in [6.45, 7) is 0.675. The third-order valence-electron chi connectivity index (χ3n) is 4.39. The fraction of sp³-hybridized carbons (Fsp3) is 0.278. The van der Waals surface area contributed by atoms with Gasteiger partial charge in [0.1, 0.15) is 5.69 Å². The standard InChI is InChI=1S/C18H18ClN3O5/c19-14-6-7-15(22(25)26)16(10-14)21-9-8-20-12-18(21,17(23)24)27-11-13-4-2-1-3-5-13/h1-7,10,20H,8-9,11-12H2,(H,23,24). The number of aliphatic carboxylic acids is 1. The quantitative estimate of drug-likeness (QED) is 0.576. The fourth-order valence-electron chi connectivity index (χ4n) is 3.07. The monoisotopic (exact) mass is 391 g/mol. The summed E-state index contributed by atoms with van der Waals surface area (Å²) in [4.78, 5) is 24.5. The number of nitrogens with zero attached hydrogens (tertiary/aromatic N) is 2. The van der Waals surface area contributed by atoms with Gasteiger partial charge in [0, 0.05) is 24.2 Å². The maximum atomic E-state index is 12.2. The predicted octanol–water partition coefficient (Wildman–Crippen LogP) is 2.66. The Balaban J connectivity index is 2.02. The van der Waals surface area contributed by atoms with Crippen molar-refractivity contribution < 1.29 is 19.6 Å². The van der Waals surface area contributed by atoms with E-state index in [4.69, 9.17) is 16.3 Å². The van der Waals surface area contributed by atoms with Crippen LogP contribution in [-0.4, -0.2) is 41.4 Å². The van der Waals surface area contributed by atoms with Crippen LogP contribution in [0.25, 0.3) is 0 Å². The number of nitro benzene ring substituents is 1. The maximum Gasteiger partial charge on any atom is 0.358 e. The third kappa shape index (κ3) is 3.87. The molecule has 0 aliphatic carbocycles. The van der Waals surface area contributed by atoms with Gasteiger partial charge in [0.2, 0.25) is 0 Å². The number of benzene rings is 2. The third-order valence-corrected chi connectivity index (χ3v) is 4.63. The Kier molecular flexibility index (Phi) is 5.59. The number of piperazine rings is 1. The molecule has 1 aliphatic heterocycles. The van der Waals surface area contributed by atoms with Gasteiger partial charge in [-0.1, -0.05) is 41.9 Å². The molecular formula is C18H18ClN3O5. The maximum absolute atomic E-state index is 12.2. The van der Waals surface area contributed by atoms with Gasteiger partial charge in [0.05, 0.1) is 18.1 Å². The normalized spacial score (nSPS) is 19.7. The van der Waals surface area contributed by atoms with Gasteiger partial charge in [0.15, 0.2) is 0 Å². The van der Waals surface area contributed by atoms with Crippen LogP contribution >= 0.6 is 11.6 Å². The number of rotatable bonds is 6. The van der Waals surface area contributed by atoms with Crippen molar-refractivity contribution in [3.05, 3.63) is 69.2 Å². The Morgan fingerprint density at radius 1 is 1.33 bits per heavy atom. The number of nitro groups is 1. The van der Waals surface area contributed by atoms with E-state index in [1.54, 1.807) is 0 Å². The second-order valence-corrected chi connectivity index (χ2v) is 6.52. The van der Waals surface area contributed by atoms with Crippen molar-refractivity contribution >= 4 is 28.9 Å². The van der Waals surface area contributed by atoms with Crippen LogP contribution < -0.4 is 10.2 Å². The SMILES string of the molecule is O=C(O)C1(OCc2ccccc2)CNCCN1c1cc(Cl)ccc1[N+](=O)[O-]. The zero-order valence-corrected chi connectivity index (χ0v) is 15.1. The van der Waals surface area contributed by atoms with Crippen molar-refractivity contribution in [1.29, 1.82) is 0 Å². The van der Waals surface area contributed by atoms with E-state index >= 15 is 0 Å². The lowest BCUT2D eigenvalue weighted by atomic mass is 10.1. The molecule has 2 N–H and O–H groups in total. The smallest absolute Gasteiger partial charge is 0.358 e. The highest BCUT2D eigenvalue weighted by molar-refractivity contribution is 6.31.